The minimum absolute atomic E-state index is 0.0199. The smallest absolute Gasteiger partial charge is 0.241 e. The van der Waals surface area contributed by atoms with Gasteiger partial charge in [0.15, 0.2) is 0 Å². The molecule has 0 aliphatic carbocycles. The predicted octanol–water partition coefficient (Wildman–Crippen LogP) is 1.59. The Morgan fingerprint density at radius 1 is 1.38 bits per heavy atom. The van der Waals surface area contributed by atoms with E-state index in [0.29, 0.717) is 18.0 Å². The van der Waals surface area contributed by atoms with Gasteiger partial charge < -0.3 is 4.90 Å². The molecule has 1 aromatic rings. The van der Waals surface area contributed by atoms with E-state index >= 15 is 0 Å². The fourth-order valence-electron chi connectivity index (χ4n) is 2.46. The third-order valence-corrected chi connectivity index (χ3v) is 4.72. The molecule has 2 unspecified atom stereocenters. The standard InChI is InChI=1S/C14H19ClN2O3S/c1-10-14(18)17(7-4-8-21(2,19)20)13(16-10)11-5-3-6-12(15)9-11/h3,5-6,9-10,13,16H,4,7-8H2,1-2H3. The van der Waals surface area contributed by atoms with Crippen LogP contribution < -0.4 is 5.32 Å². The fourth-order valence-corrected chi connectivity index (χ4v) is 3.32. The normalized spacial score (nSPS) is 22.8. The number of sulfone groups is 1. The summed E-state index contributed by atoms with van der Waals surface area (Å²) in [6.07, 6.45) is 1.37. The van der Waals surface area contributed by atoms with Gasteiger partial charge in [-0.05, 0) is 31.0 Å². The van der Waals surface area contributed by atoms with Crippen molar-refractivity contribution in [1.29, 1.82) is 0 Å². The van der Waals surface area contributed by atoms with Crippen molar-refractivity contribution in [2.45, 2.75) is 25.6 Å². The van der Waals surface area contributed by atoms with Gasteiger partial charge in [-0.2, -0.15) is 0 Å². The fraction of sp³-hybridized carbons (Fsp3) is 0.500. The lowest BCUT2D eigenvalue weighted by Crippen LogP contribution is -2.32. The van der Waals surface area contributed by atoms with Crippen LogP contribution in [-0.4, -0.2) is 43.8 Å². The van der Waals surface area contributed by atoms with Crippen molar-refractivity contribution >= 4 is 27.3 Å². The number of nitrogens with one attached hydrogen (secondary N) is 1. The van der Waals surface area contributed by atoms with Crippen LogP contribution in [0.1, 0.15) is 25.1 Å². The number of hydrogen-bond donors (Lipinski definition) is 1. The van der Waals surface area contributed by atoms with Crippen LogP contribution in [0.4, 0.5) is 0 Å². The molecule has 1 amide bonds. The van der Waals surface area contributed by atoms with E-state index < -0.39 is 9.84 Å². The largest absolute Gasteiger partial charge is 0.322 e. The predicted molar refractivity (Wildman–Crippen MR) is 82.8 cm³/mol. The van der Waals surface area contributed by atoms with Gasteiger partial charge in [-0.3, -0.25) is 10.1 Å². The minimum Gasteiger partial charge on any atom is -0.322 e. The molecular formula is C14H19ClN2O3S. The summed E-state index contributed by atoms with van der Waals surface area (Å²) in [6.45, 7) is 2.21. The third-order valence-electron chi connectivity index (χ3n) is 3.45. The van der Waals surface area contributed by atoms with E-state index in [9.17, 15) is 13.2 Å². The first-order valence-electron chi connectivity index (χ1n) is 6.77. The Hall–Kier alpha value is -1.11. The molecule has 1 N–H and O–H groups in total. The number of halogens is 1. The van der Waals surface area contributed by atoms with Gasteiger partial charge in [-0.15, -0.1) is 0 Å². The molecule has 21 heavy (non-hydrogen) atoms. The summed E-state index contributed by atoms with van der Waals surface area (Å²) in [5.41, 5.74) is 0.902. The van der Waals surface area contributed by atoms with Gasteiger partial charge in [-0.25, -0.2) is 8.42 Å². The van der Waals surface area contributed by atoms with Gasteiger partial charge in [0, 0.05) is 17.8 Å². The summed E-state index contributed by atoms with van der Waals surface area (Å²) in [5, 5.41) is 3.82. The van der Waals surface area contributed by atoms with E-state index in [1.165, 1.54) is 6.26 Å². The van der Waals surface area contributed by atoms with Gasteiger partial charge in [0.1, 0.15) is 16.0 Å². The number of amides is 1. The third kappa shape index (κ3) is 4.18. The van der Waals surface area contributed by atoms with Crippen LogP contribution in [0.3, 0.4) is 0 Å². The zero-order valence-corrected chi connectivity index (χ0v) is 13.6. The molecule has 0 aromatic heterocycles. The van der Waals surface area contributed by atoms with Crippen molar-refractivity contribution in [2.24, 2.45) is 0 Å². The van der Waals surface area contributed by atoms with Crippen molar-refractivity contribution in [3.05, 3.63) is 34.9 Å². The van der Waals surface area contributed by atoms with E-state index in [1.807, 2.05) is 18.2 Å². The molecule has 0 spiro atoms. The van der Waals surface area contributed by atoms with Gasteiger partial charge >= 0.3 is 0 Å². The van der Waals surface area contributed by atoms with E-state index in [1.54, 1.807) is 17.9 Å². The number of hydrogen-bond acceptors (Lipinski definition) is 4. The molecule has 7 heteroatoms. The summed E-state index contributed by atoms with van der Waals surface area (Å²) >= 11 is 6.00. The molecule has 1 heterocycles. The van der Waals surface area contributed by atoms with Crippen LogP contribution in [0, 0.1) is 0 Å². The van der Waals surface area contributed by atoms with Crippen molar-refractivity contribution in [3.63, 3.8) is 0 Å². The van der Waals surface area contributed by atoms with E-state index in [4.69, 9.17) is 11.6 Å². The molecule has 2 rings (SSSR count). The molecule has 2 atom stereocenters. The maximum absolute atomic E-state index is 12.2. The molecular weight excluding hydrogens is 312 g/mol. The van der Waals surface area contributed by atoms with Crippen LogP contribution in [0.5, 0.6) is 0 Å². The zero-order chi connectivity index (χ0) is 15.6. The molecule has 0 saturated carbocycles. The van der Waals surface area contributed by atoms with E-state index in [0.717, 1.165) is 5.56 Å². The van der Waals surface area contributed by atoms with Gasteiger partial charge in [-0.1, -0.05) is 23.7 Å². The molecule has 1 aliphatic rings. The van der Waals surface area contributed by atoms with Crippen molar-refractivity contribution in [2.75, 3.05) is 18.6 Å². The average molecular weight is 331 g/mol. The summed E-state index contributed by atoms with van der Waals surface area (Å²) in [6, 6.07) is 7.04. The van der Waals surface area contributed by atoms with Gasteiger partial charge in [0.25, 0.3) is 0 Å². The average Bonchev–Trinajstić information content (AvgIpc) is 2.65. The van der Waals surface area contributed by atoms with E-state index in [-0.39, 0.29) is 23.9 Å². The first-order chi connectivity index (χ1) is 9.78. The Kier molecular flexibility index (Phi) is 4.91. The lowest BCUT2D eigenvalue weighted by Gasteiger charge is -2.24. The molecule has 0 radical (unpaired) electrons. The lowest BCUT2D eigenvalue weighted by atomic mass is 10.1. The van der Waals surface area contributed by atoms with Crippen LogP contribution >= 0.6 is 11.6 Å². The zero-order valence-electron chi connectivity index (χ0n) is 12.0. The molecule has 1 aliphatic heterocycles. The first kappa shape index (κ1) is 16.3. The molecule has 1 aromatic carbocycles. The first-order valence-corrected chi connectivity index (χ1v) is 9.21. The second kappa shape index (κ2) is 6.34. The van der Waals surface area contributed by atoms with Gasteiger partial charge in [0.2, 0.25) is 5.91 Å². The summed E-state index contributed by atoms with van der Waals surface area (Å²) < 4.78 is 22.4. The monoisotopic (exact) mass is 330 g/mol. The Morgan fingerprint density at radius 3 is 2.71 bits per heavy atom. The Labute approximate surface area is 130 Å². The summed E-state index contributed by atoms with van der Waals surface area (Å²) in [5.74, 6) is 0.0569. The molecule has 0 bridgehead atoms. The molecule has 1 fully saturated rings. The molecule has 116 valence electrons. The maximum atomic E-state index is 12.2. The van der Waals surface area contributed by atoms with Crippen LogP contribution in [-0.2, 0) is 14.6 Å². The number of benzene rings is 1. The second-order valence-electron chi connectivity index (χ2n) is 5.36. The highest BCUT2D eigenvalue weighted by molar-refractivity contribution is 7.90. The van der Waals surface area contributed by atoms with E-state index in [2.05, 4.69) is 5.32 Å². The lowest BCUT2D eigenvalue weighted by molar-refractivity contribution is -0.129. The summed E-state index contributed by atoms with van der Waals surface area (Å²) in [4.78, 5) is 13.9. The number of carbonyl (C=O) groups excluding carboxylic acids is 1. The highest BCUT2D eigenvalue weighted by atomic mass is 35.5. The maximum Gasteiger partial charge on any atom is 0.241 e. The number of nitrogens with zero attached hydrogens (tertiary/aromatic N) is 1. The quantitative estimate of drug-likeness (QED) is 0.890. The Bertz CT molecular complexity index is 633. The topological polar surface area (TPSA) is 66.5 Å². The van der Waals surface area contributed by atoms with Gasteiger partial charge in [0.05, 0.1) is 11.8 Å². The second-order valence-corrected chi connectivity index (χ2v) is 8.06. The SMILES string of the molecule is CC1NC(c2cccc(Cl)c2)N(CCCS(C)(=O)=O)C1=O. The number of carbonyl (C=O) groups is 1. The summed E-state index contributed by atoms with van der Waals surface area (Å²) in [7, 11) is -3.02. The van der Waals surface area contributed by atoms with Crippen LogP contribution in [0.25, 0.3) is 0 Å². The minimum atomic E-state index is -3.02. The number of rotatable bonds is 5. The highest BCUT2D eigenvalue weighted by Gasteiger charge is 2.36. The Morgan fingerprint density at radius 2 is 2.10 bits per heavy atom. The Balaban J connectivity index is 2.13. The highest BCUT2D eigenvalue weighted by Crippen LogP contribution is 2.27. The van der Waals surface area contributed by atoms with Crippen LogP contribution in [0.15, 0.2) is 24.3 Å². The van der Waals surface area contributed by atoms with Crippen molar-refractivity contribution in [1.82, 2.24) is 10.2 Å². The molecule has 1 saturated heterocycles. The van der Waals surface area contributed by atoms with Crippen LogP contribution in [0.2, 0.25) is 5.02 Å². The van der Waals surface area contributed by atoms with Crippen molar-refractivity contribution < 1.29 is 13.2 Å². The molecule has 5 nitrogen and oxygen atoms in total. The van der Waals surface area contributed by atoms with Crippen molar-refractivity contribution in [3.8, 4) is 0 Å².